The van der Waals surface area contributed by atoms with Gasteiger partial charge in [0, 0.05) is 18.1 Å². The molecule has 0 unspecified atom stereocenters. The second kappa shape index (κ2) is 7.86. The molecule has 6 nitrogen and oxygen atoms in total. The zero-order chi connectivity index (χ0) is 18.5. The first-order chi connectivity index (χ1) is 13.3. The Morgan fingerprint density at radius 3 is 2.74 bits per heavy atom. The van der Waals surface area contributed by atoms with Crippen LogP contribution in [0.5, 0.6) is 0 Å². The molecule has 0 radical (unpaired) electrons. The minimum absolute atomic E-state index is 0.187. The van der Waals surface area contributed by atoms with E-state index in [4.69, 9.17) is 8.94 Å². The van der Waals surface area contributed by atoms with Crippen molar-refractivity contribution in [1.29, 1.82) is 0 Å². The molecule has 0 spiro atoms. The van der Waals surface area contributed by atoms with Gasteiger partial charge in [-0.05, 0) is 36.6 Å². The Morgan fingerprint density at radius 1 is 1.04 bits per heavy atom. The molecule has 0 aliphatic heterocycles. The van der Waals surface area contributed by atoms with Crippen LogP contribution < -0.4 is 5.32 Å². The van der Waals surface area contributed by atoms with Crippen molar-refractivity contribution in [3.05, 3.63) is 83.6 Å². The number of aryl methyl sites for hydroxylation is 2. The summed E-state index contributed by atoms with van der Waals surface area (Å²) in [5, 5.41) is 6.57. The molecule has 0 atom stereocenters. The average molecular weight is 361 g/mol. The fourth-order valence-corrected chi connectivity index (χ4v) is 2.91. The first-order valence-corrected chi connectivity index (χ1v) is 8.89. The van der Waals surface area contributed by atoms with E-state index < -0.39 is 0 Å². The van der Waals surface area contributed by atoms with Crippen molar-refractivity contribution in [3.8, 4) is 0 Å². The van der Waals surface area contributed by atoms with Crippen LogP contribution in [0, 0.1) is 0 Å². The highest BCUT2D eigenvalue weighted by atomic mass is 16.5. The molecule has 6 heteroatoms. The van der Waals surface area contributed by atoms with E-state index in [2.05, 4.69) is 27.6 Å². The van der Waals surface area contributed by atoms with Crippen molar-refractivity contribution in [1.82, 2.24) is 15.5 Å². The van der Waals surface area contributed by atoms with Crippen molar-refractivity contribution in [3.63, 3.8) is 0 Å². The molecule has 4 rings (SSSR count). The van der Waals surface area contributed by atoms with Gasteiger partial charge in [0.05, 0.1) is 6.54 Å². The second-order valence-corrected chi connectivity index (χ2v) is 6.30. The highest BCUT2D eigenvalue weighted by Crippen LogP contribution is 2.19. The molecule has 0 bridgehead atoms. The van der Waals surface area contributed by atoms with Crippen molar-refractivity contribution < 1.29 is 13.7 Å². The van der Waals surface area contributed by atoms with Gasteiger partial charge in [-0.15, -0.1) is 0 Å². The average Bonchev–Trinajstić information content (AvgIpc) is 3.35. The number of hydrogen-bond acceptors (Lipinski definition) is 5. The fraction of sp³-hybridized carbons (Fsp3) is 0.190. The maximum Gasteiger partial charge on any atom is 0.251 e. The maximum absolute atomic E-state index is 12.3. The number of aromatic nitrogens is 2. The van der Waals surface area contributed by atoms with Crippen LogP contribution in [0.15, 0.2) is 69.8 Å². The summed E-state index contributed by atoms with van der Waals surface area (Å²) in [5.41, 5.74) is 3.90. The van der Waals surface area contributed by atoms with E-state index in [1.807, 2.05) is 18.2 Å². The molecule has 2 heterocycles. The number of hydrogen-bond donors (Lipinski definition) is 1. The lowest BCUT2D eigenvalue weighted by Gasteiger charge is -2.02. The van der Waals surface area contributed by atoms with Crippen LogP contribution in [0.2, 0.25) is 0 Å². The van der Waals surface area contributed by atoms with E-state index in [-0.39, 0.29) is 5.91 Å². The van der Waals surface area contributed by atoms with Gasteiger partial charge in [0.2, 0.25) is 0 Å². The molecule has 0 fully saturated rings. The number of rotatable bonds is 7. The highest BCUT2D eigenvalue weighted by molar-refractivity contribution is 5.97. The number of carbonyl (C=O) groups excluding carboxylic acids is 1. The SMILES string of the molecule is O=C(NCc1ccon1)c1ccc2oc(CCCc3ccccc3)nc2c1. The van der Waals surface area contributed by atoms with Crippen LogP contribution in [0.25, 0.3) is 11.1 Å². The standard InChI is InChI=1S/C21H19N3O3/c25-21(22-14-17-11-12-26-24-17)16-9-10-19-18(13-16)23-20(27-19)8-4-7-15-5-2-1-3-6-15/h1-3,5-6,9-13H,4,7-8,14H2,(H,22,25). The summed E-state index contributed by atoms with van der Waals surface area (Å²) in [6, 6.07) is 17.3. The van der Waals surface area contributed by atoms with Gasteiger partial charge < -0.3 is 14.3 Å². The summed E-state index contributed by atoms with van der Waals surface area (Å²) >= 11 is 0. The van der Waals surface area contributed by atoms with Crippen LogP contribution >= 0.6 is 0 Å². The number of fused-ring (bicyclic) bond motifs is 1. The molecule has 1 N–H and O–H groups in total. The third-order valence-corrected chi connectivity index (χ3v) is 4.31. The lowest BCUT2D eigenvalue weighted by molar-refractivity contribution is 0.0950. The molecule has 0 saturated heterocycles. The van der Waals surface area contributed by atoms with E-state index in [0.717, 1.165) is 19.3 Å². The maximum atomic E-state index is 12.3. The predicted octanol–water partition coefficient (Wildman–Crippen LogP) is 3.92. The number of nitrogens with zero attached hydrogens (tertiary/aromatic N) is 2. The fourth-order valence-electron chi connectivity index (χ4n) is 2.91. The van der Waals surface area contributed by atoms with E-state index in [0.29, 0.717) is 34.8 Å². The third-order valence-electron chi connectivity index (χ3n) is 4.31. The number of oxazole rings is 1. The van der Waals surface area contributed by atoms with E-state index in [1.165, 1.54) is 11.8 Å². The minimum atomic E-state index is -0.187. The van der Waals surface area contributed by atoms with Gasteiger partial charge in [-0.2, -0.15) is 0 Å². The minimum Gasteiger partial charge on any atom is -0.441 e. The zero-order valence-electron chi connectivity index (χ0n) is 14.7. The highest BCUT2D eigenvalue weighted by Gasteiger charge is 2.11. The second-order valence-electron chi connectivity index (χ2n) is 6.30. The van der Waals surface area contributed by atoms with Gasteiger partial charge in [0.15, 0.2) is 11.5 Å². The molecule has 27 heavy (non-hydrogen) atoms. The van der Waals surface area contributed by atoms with Crippen molar-refractivity contribution >= 4 is 17.0 Å². The first kappa shape index (κ1) is 17.0. The zero-order valence-corrected chi connectivity index (χ0v) is 14.7. The summed E-state index contributed by atoms with van der Waals surface area (Å²) in [6.07, 6.45) is 4.18. The van der Waals surface area contributed by atoms with Crippen LogP contribution in [0.1, 0.15) is 33.9 Å². The monoisotopic (exact) mass is 361 g/mol. The molecular weight excluding hydrogens is 342 g/mol. The van der Waals surface area contributed by atoms with E-state index in [1.54, 1.807) is 24.3 Å². The summed E-state index contributed by atoms with van der Waals surface area (Å²) in [4.78, 5) is 16.8. The van der Waals surface area contributed by atoms with Gasteiger partial charge in [0.1, 0.15) is 17.5 Å². The quantitative estimate of drug-likeness (QED) is 0.539. The van der Waals surface area contributed by atoms with Crippen molar-refractivity contribution in [2.45, 2.75) is 25.8 Å². The molecule has 0 aliphatic rings. The van der Waals surface area contributed by atoms with Gasteiger partial charge in [0.25, 0.3) is 5.91 Å². The van der Waals surface area contributed by atoms with E-state index >= 15 is 0 Å². The lowest BCUT2D eigenvalue weighted by Crippen LogP contribution is -2.22. The van der Waals surface area contributed by atoms with Gasteiger partial charge in [-0.25, -0.2) is 4.98 Å². The number of nitrogens with one attached hydrogen (secondary N) is 1. The summed E-state index contributed by atoms with van der Waals surface area (Å²) < 4.78 is 10.5. The Morgan fingerprint density at radius 2 is 1.93 bits per heavy atom. The smallest absolute Gasteiger partial charge is 0.251 e. The summed E-state index contributed by atoms with van der Waals surface area (Å²) in [5.74, 6) is 0.509. The Hall–Kier alpha value is -3.41. The Kier molecular flexibility index (Phi) is 4.96. The van der Waals surface area contributed by atoms with Crippen LogP contribution in [-0.2, 0) is 19.4 Å². The van der Waals surface area contributed by atoms with Crippen LogP contribution in [0.3, 0.4) is 0 Å². The van der Waals surface area contributed by atoms with Gasteiger partial charge in [-0.1, -0.05) is 35.5 Å². The number of amides is 1. The Labute approximate surface area is 156 Å². The largest absolute Gasteiger partial charge is 0.441 e. The topological polar surface area (TPSA) is 81.2 Å². The molecule has 0 aliphatic carbocycles. The van der Waals surface area contributed by atoms with Gasteiger partial charge in [-0.3, -0.25) is 4.79 Å². The first-order valence-electron chi connectivity index (χ1n) is 8.89. The Balaban J connectivity index is 1.38. The molecule has 4 aromatic rings. The van der Waals surface area contributed by atoms with Crippen molar-refractivity contribution in [2.24, 2.45) is 0 Å². The van der Waals surface area contributed by atoms with E-state index in [9.17, 15) is 4.79 Å². The lowest BCUT2D eigenvalue weighted by atomic mass is 10.1. The molecular formula is C21H19N3O3. The molecule has 2 aromatic carbocycles. The van der Waals surface area contributed by atoms with Crippen LogP contribution in [0.4, 0.5) is 0 Å². The molecule has 136 valence electrons. The van der Waals surface area contributed by atoms with Crippen LogP contribution in [-0.4, -0.2) is 16.0 Å². The predicted molar refractivity (Wildman–Crippen MR) is 100 cm³/mol. The van der Waals surface area contributed by atoms with Gasteiger partial charge >= 0.3 is 0 Å². The summed E-state index contributed by atoms with van der Waals surface area (Å²) in [7, 11) is 0. The summed E-state index contributed by atoms with van der Waals surface area (Å²) in [6.45, 7) is 0.316. The normalized spacial score (nSPS) is 11.0. The molecule has 2 aromatic heterocycles. The number of benzene rings is 2. The Bertz CT molecular complexity index is 1020. The molecule has 0 saturated carbocycles. The molecule has 1 amide bonds. The van der Waals surface area contributed by atoms with Crippen molar-refractivity contribution in [2.75, 3.05) is 0 Å². The third kappa shape index (κ3) is 4.23. The number of carbonyl (C=O) groups is 1.